The van der Waals surface area contributed by atoms with Crippen molar-refractivity contribution in [2.75, 3.05) is 30.4 Å². The minimum atomic E-state index is -1.72. The lowest BCUT2D eigenvalue weighted by Gasteiger charge is -2.22. The van der Waals surface area contributed by atoms with Crippen molar-refractivity contribution in [3.8, 4) is 0 Å². The standard InChI is InChI=1S/C39H48N12O13S/c1-51-28(54)14-27(35(51)60)65-17-20(36(61)62)12-26(53)25(13-29(55)56)48-33(58)19(3-2-10-43-38(40)41)11-23(52)8-9-24(37(63)64)47-32(57)18-4-6-21(7-5-18)44-15-22-16-45-31-30(46-22)34(59)50-39(42)49-31/h4-7,16,19-20,24-25,27,44H,2-3,8-15,17H2,1H3,(H,47,57)(H,48,58)(H,55,56)(H,61,62)(H,63,64)(H4,40,41,43)(H3,42,45,49,50,59)/t19-,20+,24+,25+,27?/m1/s1. The summed E-state index contributed by atoms with van der Waals surface area (Å²) < 4.78 is 0. The first-order chi connectivity index (χ1) is 30.7. The molecule has 0 aliphatic carbocycles. The summed E-state index contributed by atoms with van der Waals surface area (Å²) >= 11 is 0.863. The van der Waals surface area contributed by atoms with Crippen molar-refractivity contribution >= 4 is 93.6 Å². The Morgan fingerprint density at radius 2 is 1.63 bits per heavy atom. The highest BCUT2D eigenvalue weighted by Crippen LogP contribution is 2.27. The molecule has 0 spiro atoms. The molecule has 0 bridgehead atoms. The number of guanidine groups is 1. The van der Waals surface area contributed by atoms with E-state index < -0.39 is 114 Å². The quantitative estimate of drug-likeness (QED) is 0.0192. The Labute approximate surface area is 372 Å². The normalized spacial score (nSPS) is 15.3. The van der Waals surface area contributed by atoms with Crippen LogP contribution < -0.4 is 38.7 Å². The van der Waals surface area contributed by atoms with E-state index in [9.17, 15) is 63.3 Å². The number of aromatic nitrogens is 4. The highest BCUT2D eigenvalue weighted by Gasteiger charge is 2.38. The summed E-state index contributed by atoms with van der Waals surface area (Å²) in [6, 6.07) is 2.66. The van der Waals surface area contributed by atoms with Crippen LogP contribution in [0.1, 0.15) is 67.4 Å². The number of Topliss-reactive ketones (excluding diaryl/α,β-unsaturated/α-hetero) is 2. The number of anilines is 2. The summed E-state index contributed by atoms with van der Waals surface area (Å²) in [6.45, 7) is 0.162. The Hall–Kier alpha value is -7.51. The highest BCUT2D eigenvalue weighted by atomic mass is 32.2. The molecule has 4 rings (SSSR count). The third-order valence-electron chi connectivity index (χ3n) is 9.99. The summed E-state index contributed by atoms with van der Waals surface area (Å²) in [7, 11) is 1.29. The fourth-order valence-corrected chi connectivity index (χ4v) is 7.72. The van der Waals surface area contributed by atoms with E-state index in [-0.39, 0.29) is 73.2 Å². The van der Waals surface area contributed by atoms with Crippen molar-refractivity contribution in [1.82, 2.24) is 35.5 Å². The zero-order valence-electron chi connectivity index (χ0n) is 34.9. The van der Waals surface area contributed by atoms with Crippen molar-refractivity contribution in [3.63, 3.8) is 0 Å². The number of H-pyrrole nitrogens is 1. The van der Waals surface area contributed by atoms with Crippen molar-refractivity contribution in [3.05, 3.63) is 52.1 Å². The van der Waals surface area contributed by atoms with Gasteiger partial charge in [-0.15, -0.1) is 11.8 Å². The number of nitrogens with two attached hydrogens (primary N) is 3. The number of nitrogens with one attached hydrogen (secondary N) is 4. The number of benzene rings is 1. The average Bonchev–Trinajstić information content (AvgIpc) is 3.49. The van der Waals surface area contributed by atoms with E-state index in [1.54, 1.807) is 0 Å². The summed E-state index contributed by atoms with van der Waals surface area (Å²) in [4.78, 5) is 145. The molecule has 3 aromatic rings. The van der Waals surface area contributed by atoms with E-state index in [2.05, 4.69) is 40.9 Å². The number of aliphatic carboxylic acids is 3. The van der Waals surface area contributed by atoms with E-state index >= 15 is 0 Å². The van der Waals surface area contributed by atoms with Gasteiger partial charge in [-0.3, -0.25) is 58.0 Å². The van der Waals surface area contributed by atoms with Crippen molar-refractivity contribution in [2.24, 2.45) is 28.3 Å². The minimum Gasteiger partial charge on any atom is -0.481 e. The molecule has 0 saturated carbocycles. The van der Waals surface area contributed by atoms with Crippen LogP contribution in [0, 0.1) is 11.8 Å². The number of ketones is 2. The van der Waals surface area contributed by atoms with Gasteiger partial charge < -0.3 is 48.5 Å². The van der Waals surface area contributed by atoms with Crippen molar-refractivity contribution in [2.45, 2.75) is 75.2 Å². The van der Waals surface area contributed by atoms with Crippen LogP contribution in [0.4, 0.5) is 11.6 Å². The van der Waals surface area contributed by atoms with E-state index in [1.807, 2.05) is 0 Å². The molecule has 13 N–H and O–H groups in total. The third kappa shape index (κ3) is 15.1. The molecule has 348 valence electrons. The highest BCUT2D eigenvalue weighted by molar-refractivity contribution is 8.00. The number of nitrogens with zero attached hydrogens (tertiary/aromatic N) is 5. The van der Waals surface area contributed by atoms with E-state index in [0.717, 1.165) is 16.7 Å². The molecule has 65 heavy (non-hydrogen) atoms. The molecule has 2 aromatic heterocycles. The van der Waals surface area contributed by atoms with Gasteiger partial charge in [0.05, 0.1) is 42.1 Å². The molecule has 1 aliphatic heterocycles. The zero-order chi connectivity index (χ0) is 48.0. The minimum absolute atomic E-state index is 0.00774. The summed E-state index contributed by atoms with van der Waals surface area (Å²) in [6.07, 6.45) is -1.63. The predicted octanol–water partition coefficient (Wildman–Crippen LogP) is -1.39. The van der Waals surface area contributed by atoms with E-state index in [0.29, 0.717) is 11.4 Å². The Kier molecular flexibility index (Phi) is 17.9. The SMILES string of the molecule is CN1C(=O)CC(SC[C@H](CC(=O)[C@H](CC(=O)O)NC(=O)[C@H](CCCN=C(N)N)CC(=O)CC[C@H](NC(=O)c2ccc(NCc3cnc4nc(N)[nH]c(=O)c4n3)cc2)C(=O)O)C(=O)O)C1=O. The van der Waals surface area contributed by atoms with Gasteiger partial charge in [0.25, 0.3) is 11.5 Å². The lowest BCUT2D eigenvalue weighted by atomic mass is 9.92. The number of thioether (sulfide) groups is 1. The van der Waals surface area contributed by atoms with Gasteiger partial charge in [-0.1, -0.05) is 0 Å². The number of aromatic amines is 1. The molecule has 1 unspecified atom stereocenters. The van der Waals surface area contributed by atoms with Gasteiger partial charge in [-0.05, 0) is 43.5 Å². The topological polar surface area (TPSA) is 416 Å². The summed E-state index contributed by atoms with van der Waals surface area (Å²) in [5, 5.41) is 36.1. The van der Waals surface area contributed by atoms with Crippen molar-refractivity contribution in [1.29, 1.82) is 0 Å². The summed E-state index contributed by atoms with van der Waals surface area (Å²) in [5.74, 6) is -11.9. The molecule has 1 fully saturated rings. The average molecular weight is 925 g/mol. The number of hydrogen-bond donors (Lipinski definition) is 10. The van der Waals surface area contributed by atoms with E-state index in [1.165, 1.54) is 37.5 Å². The van der Waals surface area contributed by atoms with Crippen LogP contribution in [0.3, 0.4) is 0 Å². The lowest BCUT2D eigenvalue weighted by molar-refractivity contribution is -0.144. The fourth-order valence-electron chi connectivity index (χ4n) is 6.44. The van der Waals surface area contributed by atoms with Crippen LogP contribution in [0.5, 0.6) is 0 Å². The monoisotopic (exact) mass is 924 g/mol. The zero-order valence-corrected chi connectivity index (χ0v) is 35.7. The Balaban J connectivity index is 1.35. The molecule has 0 radical (unpaired) electrons. The van der Waals surface area contributed by atoms with Gasteiger partial charge in [0.2, 0.25) is 23.7 Å². The first-order valence-corrected chi connectivity index (χ1v) is 20.9. The van der Waals surface area contributed by atoms with Crippen molar-refractivity contribution < 1.29 is 58.5 Å². The van der Waals surface area contributed by atoms with Gasteiger partial charge in [0.15, 0.2) is 22.9 Å². The molecule has 5 atom stereocenters. The lowest BCUT2D eigenvalue weighted by Crippen LogP contribution is -2.46. The van der Waals surface area contributed by atoms with E-state index in [4.69, 9.17) is 17.2 Å². The van der Waals surface area contributed by atoms with Crippen LogP contribution in [-0.2, 0) is 44.9 Å². The first kappa shape index (κ1) is 50.1. The number of imide groups is 1. The smallest absolute Gasteiger partial charge is 0.326 e. The van der Waals surface area contributed by atoms with Crippen LogP contribution >= 0.6 is 11.8 Å². The number of nitrogen functional groups attached to an aromatic ring is 1. The molecular formula is C39H48N12O13S. The number of likely N-dealkylation sites (tertiary alicyclic amines) is 1. The number of hydrogen-bond acceptors (Lipinski definition) is 17. The maximum atomic E-state index is 13.6. The Morgan fingerprint density at radius 3 is 2.25 bits per heavy atom. The molecule has 1 aromatic carbocycles. The maximum absolute atomic E-state index is 13.6. The number of fused-ring (bicyclic) bond motifs is 1. The first-order valence-electron chi connectivity index (χ1n) is 19.9. The number of rotatable bonds is 26. The number of carbonyl (C=O) groups excluding carboxylic acids is 6. The van der Waals surface area contributed by atoms with Gasteiger partial charge in [0.1, 0.15) is 11.8 Å². The van der Waals surface area contributed by atoms with Crippen LogP contribution in [-0.4, -0.2) is 136 Å². The predicted molar refractivity (Wildman–Crippen MR) is 231 cm³/mol. The molecule has 1 aliphatic rings. The second-order valence-electron chi connectivity index (χ2n) is 14.9. The molecule has 26 heteroatoms. The van der Waals surface area contributed by atoms with Gasteiger partial charge in [-0.25, -0.2) is 14.8 Å². The molecule has 3 heterocycles. The number of carbonyl (C=O) groups is 9. The van der Waals surface area contributed by atoms with Gasteiger partial charge in [-0.2, -0.15) is 4.98 Å². The van der Waals surface area contributed by atoms with Crippen LogP contribution in [0.25, 0.3) is 11.2 Å². The van der Waals surface area contributed by atoms with Gasteiger partial charge in [0, 0.05) is 62.2 Å². The Bertz CT molecular complexity index is 2410. The number of amides is 4. The molecular weight excluding hydrogens is 877 g/mol. The summed E-state index contributed by atoms with van der Waals surface area (Å²) in [5.41, 5.74) is 16.8. The fraction of sp³-hybridized carbons (Fsp3) is 0.436. The largest absolute Gasteiger partial charge is 0.481 e. The Morgan fingerprint density at radius 1 is 0.923 bits per heavy atom. The number of aliphatic imine (C=N–C) groups is 1. The third-order valence-corrected chi connectivity index (χ3v) is 11.4. The van der Waals surface area contributed by atoms with Crippen LogP contribution in [0.15, 0.2) is 40.2 Å². The maximum Gasteiger partial charge on any atom is 0.326 e. The molecule has 25 nitrogen and oxygen atoms in total. The number of carboxylic acids is 3. The van der Waals surface area contributed by atoms with Gasteiger partial charge >= 0.3 is 17.9 Å². The van der Waals surface area contributed by atoms with Crippen LogP contribution in [0.2, 0.25) is 0 Å². The number of carboxylic acid groups (broad SMARTS) is 3. The molecule has 4 amide bonds. The second-order valence-corrected chi connectivity index (χ2v) is 16.1. The molecule has 1 saturated heterocycles. The second kappa shape index (κ2) is 23.3.